The first kappa shape index (κ1) is 15.0. The molecule has 2 N–H and O–H groups in total. The summed E-state index contributed by atoms with van der Waals surface area (Å²) in [6, 6.07) is 7.90. The number of nitrogens with two attached hydrogens (primary N) is 1. The summed E-state index contributed by atoms with van der Waals surface area (Å²) in [6.07, 6.45) is 1.23. The SMILES string of the molecule is CC(C)C(C)OCCCOc1ccc(CN)cc1. The van der Waals surface area contributed by atoms with Gasteiger partial charge >= 0.3 is 0 Å². The third-order valence-corrected chi connectivity index (χ3v) is 3.04. The van der Waals surface area contributed by atoms with Gasteiger partial charge in [0.05, 0.1) is 19.3 Å². The van der Waals surface area contributed by atoms with Crippen LogP contribution < -0.4 is 10.5 Å². The van der Waals surface area contributed by atoms with Crippen molar-refractivity contribution in [3.05, 3.63) is 29.8 Å². The summed E-state index contributed by atoms with van der Waals surface area (Å²) < 4.78 is 11.3. The largest absolute Gasteiger partial charge is 0.494 e. The summed E-state index contributed by atoms with van der Waals surface area (Å²) in [4.78, 5) is 0. The van der Waals surface area contributed by atoms with Crippen LogP contribution in [-0.4, -0.2) is 19.3 Å². The molecule has 1 aromatic rings. The molecule has 0 bridgehead atoms. The molecule has 1 unspecified atom stereocenters. The van der Waals surface area contributed by atoms with Crippen molar-refractivity contribution in [3.63, 3.8) is 0 Å². The van der Waals surface area contributed by atoms with Crippen molar-refractivity contribution in [2.75, 3.05) is 13.2 Å². The summed E-state index contributed by atoms with van der Waals surface area (Å²) in [5, 5.41) is 0. The Bertz CT molecular complexity index is 322. The van der Waals surface area contributed by atoms with Crippen molar-refractivity contribution in [2.24, 2.45) is 11.7 Å². The van der Waals surface area contributed by atoms with Gasteiger partial charge in [-0.1, -0.05) is 26.0 Å². The van der Waals surface area contributed by atoms with Crippen LogP contribution in [0.1, 0.15) is 32.8 Å². The van der Waals surface area contributed by atoms with Crippen LogP contribution in [0.5, 0.6) is 5.75 Å². The molecule has 0 aromatic heterocycles. The minimum Gasteiger partial charge on any atom is -0.494 e. The Morgan fingerprint density at radius 1 is 1.06 bits per heavy atom. The predicted octanol–water partition coefficient (Wildman–Crippen LogP) is 2.98. The van der Waals surface area contributed by atoms with Crippen LogP contribution in [0.2, 0.25) is 0 Å². The lowest BCUT2D eigenvalue weighted by Crippen LogP contribution is -2.17. The van der Waals surface area contributed by atoms with Crippen LogP contribution in [-0.2, 0) is 11.3 Å². The monoisotopic (exact) mass is 251 g/mol. The van der Waals surface area contributed by atoms with E-state index in [4.69, 9.17) is 15.2 Å². The number of ether oxygens (including phenoxy) is 2. The Labute approximate surface area is 110 Å². The first-order valence-electron chi connectivity index (χ1n) is 6.67. The molecule has 0 radical (unpaired) electrons. The topological polar surface area (TPSA) is 44.5 Å². The number of benzene rings is 1. The van der Waals surface area contributed by atoms with Crippen molar-refractivity contribution in [3.8, 4) is 5.75 Å². The zero-order chi connectivity index (χ0) is 13.4. The molecule has 0 aliphatic carbocycles. The normalized spacial score (nSPS) is 12.7. The van der Waals surface area contributed by atoms with Gasteiger partial charge in [0.25, 0.3) is 0 Å². The Morgan fingerprint density at radius 3 is 2.28 bits per heavy atom. The maximum atomic E-state index is 5.68. The molecule has 102 valence electrons. The molecule has 3 nitrogen and oxygen atoms in total. The number of hydrogen-bond acceptors (Lipinski definition) is 3. The molecule has 1 atom stereocenters. The van der Waals surface area contributed by atoms with E-state index in [0.717, 1.165) is 24.3 Å². The second-order valence-corrected chi connectivity index (χ2v) is 4.87. The van der Waals surface area contributed by atoms with E-state index in [0.29, 0.717) is 25.2 Å². The van der Waals surface area contributed by atoms with E-state index in [-0.39, 0.29) is 0 Å². The highest BCUT2D eigenvalue weighted by Gasteiger charge is 2.06. The molecule has 0 aliphatic rings. The van der Waals surface area contributed by atoms with Crippen molar-refractivity contribution in [1.29, 1.82) is 0 Å². The van der Waals surface area contributed by atoms with Crippen LogP contribution in [0.4, 0.5) is 0 Å². The first-order chi connectivity index (χ1) is 8.63. The lowest BCUT2D eigenvalue weighted by molar-refractivity contribution is 0.0291. The second-order valence-electron chi connectivity index (χ2n) is 4.87. The van der Waals surface area contributed by atoms with Crippen molar-refractivity contribution < 1.29 is 9.47 Å². The first-order valence-corrected chi connectivity index (χ1v) is 6.67. The van der Waals surface area contributed by atoms with E-state index in [9.17, 15) is 0 Å². The Hall–Kier alpha value is -1.06. The summed E-state index contributed by atoms with van der Waals surface area (Å²) in [6.45, 7) is 8.45. The molecule has 1 aromatic carbocycles. The molecule has 0 fully saturated rings. The summed E-state index contributed by atoms with van der Waals surface area (Å²) >= 11 is 0. The van der Waals surface area contributed by atoms with Crippen molar-refractivity contribution in [1.82, 2.24) is 0 Å². The van der Waals surface area contributed by atoms with Gasteiger partial charge in [-0.25, -0.2) is 0 Å². The zero-order valence-electron chi connectivity index (χ0n) is 11.7. The van der Waals surface area contributed by atoms with Gasteiger partial charge in [-0.2, -0.15) is 0 Å². The third-order valence-electron chi connectivity index (χ3n) is 3.04. The van der Waals surface area contributed by atoms with E-state index in [1.165, 1.54) is 0 Å². The van der Waals surface area contributed by atoms with Gasteiger partial charge in [-0.3, -0.25) is 0 Å². The fraction of sp³-hybridized carbons (Fsp3) is 0.600. The molecule has 3 heteroatoms. The van der Waals surface area contributed by atoms with Crippen LogP contribution in [0.15, 0.2) is 24.3 Å². The summed E-state index contributed by atoms with van der Waals surface area (Å²) in [5.74, 6) is 1.46. The maximum absolute atomic E-state index is 5.68. The zero-order valence-corrected chi connectivity index (χ0v) is 11.7. The number of rotatable bonds is 8. The maximum Gasteiger partial charge on any atom is 0.119 e. The quantitative estimate of drug-likeness (QED) is 0.722. The Kier molecular flexibility index (Phi) is 6.76. The van der Waals surface area contributed by atoms with Crippen LogP contribution in [0.3, 0.4) is 0 Å². The lowest BCUT2D eigenvalue weighted by Gasteiger charge is -2.16. The smallest absolute Gasteiger partial charge is 0.119 e. The van der Waals surface area contributed by atoms with Crippen LogP contribution in [0, 0.1) is 5.92 Å². The van der Waals surface area contributed by atoms with Crippen LogP contribution in [0.25, 0.3) is 0 Å². The van der Waals surface area contributed by atoms with Gasteiger partial charge in [0.2, 0.25) is 0 Å². The van der Waals surface area contributed by atoms with Gasteiger partial charge in [-0.05, 0) is 30.5 Å². The van der Waals surface area contributed by atoms with Gasteiger partial charge in [0, 0.05) is 13.0 Å². The fourth-order valence-corrected chi connectivity index (χ4v) is 1.43. The molecule has 0 saturated heterocycles. The van der Waals surface area contributed by atoms with E-state index < -0.39 is 0 Å². The minimum atomic E-state index is 0.314. The average Bonchev–Trinajstić information content (AvgIpc) is 2.38. The highest BCUT2D eigenvalue weighted by molar-refractivity contribution is 5.26. The molecule has 1 rings (SSSR count). The molecule has 0 aliphatic heterocycles. The lowest BCUT2D eigenvalue weighted by atomic mass is 10.1. The highest BCUT2D eigenvalue weighted by atomic mass is 16.5. The van der Waals surface area contributed by atoms with E-state index in [1.807, 2.05) is 24.3 Å². The molecule has 0 spiro atoms. The van der Waals surface area contributed by atoms with E-state index in [1.54, 1.807) is 0 Å². The van der Waals surface area contributed by atoms with Crippen molar-refractivity contribution in [2.45, 2.75) is 39.8 Å². The standard InChI is InChI=1S/C15H25NO2/c1-12(2)13(3)17-9-4-10-18-15-7-5-14(11-16)6-8-15/h5-8,12-13H,4,9-11,16H2,1-3H3. The molecule has 18 heavy (non-hydrogen) atoms. The summed E-state index contributed by atoms with van der Waals surface area (Å²) in [5.41, 5.74) is 6.66. The molecule has 0 saturated carbocycles. The average molecular weight is 251 g/mol. The second kappa shape index (κ2) is 8.11. The fourth-order valence-electron chi connectivity index (χ4n) is 1.43. The van der Waals surface area contributed by atoms with Gasteiger partial charge in [0.15, 0.2) is 0 Å². The molecular formula is C15H25NO2. The minimum absolute atomic E-state index is 0.314. The Morgan fingerprint density at radius 2 is 1.72 bits per heavy atom. The van der Waals surface area contributed by atoms with E-state index >= 15 is 0 Å². The van der Waals surface area contributed by atoms with E-state index in [2.05, 4.69) is 20.8 Å². The van der Waals surface area contributed by atoms with Gasteiger partial charge < -0.3 is 15.2 Å². The van der Waals surface area contributed by atoms with Crippen molar-refractivity contribution >= 4 is 0 Å². The Balaban J connectivity index is 2.14. The molecule has 0 heterocycles. The molecule has 0 amide bonds. The third kappa shape index (κ3) is 5.52. The molecular weight excluding hydrogens is 226 g/mol. The van der Waals surface area contributed by atoms with Crippen LogP contribution >= 0.6 is 0 Å². The predicted molar refractivity (Wildman–Crippen MR) is 74.7 cm³/mol. The van der Waals surface area contributed by atoms with Gasteiger partial charge in [-0.15, -0.1) is 0 Å². The number of hydrogen-bond donors (Lipinski definition) is 1. The van der Waals surface area contributed by atoms with Gasteiger partial charge in [0.1, 0.15) is 5.75 Å². The highest BCUT2D eigenvalue weighted by Crippen LogP contribution is 2.12. The summed E-state index contributed by atoms with van der Waals surface area (Å²) in [7, 11) is 0.